The molecule has 1 saturated heterocycles. The Kier molecular flexibility index (Phi) is 1.24. The zero-order chi connectivity index (χ0) is 6.27. The van der Waals surface area contributed by atoms with Crippen molar-refractivity contribution in [3.63, 3.8) is 0 Å². The number of aliphatic hydroxyl groups is 1. The normalized spacial score (nSPS) is 49.7. The Hall–Kier alpha value is -0.0800. The van der Waals surface area contributed by atoms with E-state index in [4.69, 9.17) is 9.84 Å². The van der Waals surface area contributed by atoms with Gasteiger partial charge in [-0.1, -0.05) is 0 Å². The molecule has 1 aliphatic heterocycles. The first-order valence-electron chi connectivity index (χ1n) is 3.43. The molecule has 2 radical (unpaired) electrons. The number of rotatable bonds is 0. The van der Waals surface area contributed by atoms with Gasteiger partial charge in [-0.05, 0) is 25.2 Å². The first-order chi connectivity index (χ1) is 4.36. The molecule has 1 N–H and O–H groups in total. The molecule has 2 nitrogen and oxygen atoms in total. The van der Waals surface area contributed by atoms with E-state index in [0.717, 1.165) is 19.3 Å². The molecule has 0 aromatic heterocycles. The zero-order valence-electron chi connectivity index (χ0n) is 5.21. The van der Waals surface area contributed by atoms with Crippen LogP contribution in [0.5, 0.6) is 0 Å². The first kappa shape index (κ1) is 5.69. The molecule has 3 atom stereocenters. The van der Waals surface area contributed by atoms with Crippen LogP contribution in [0.2, 0.25) is 0 Å². The van der Waals surface area contributed by atoms with Gasteiger partial charge in [0.2, 0.25) is 0 Å². The molecule has 0 amide bonds. The minimum Gasteiger partial charge on any atom is -0.393 e. The third kappa shape index (κ3) is 0.864. The van der Waals surface area contributed by atoms with Gasteiger partial charge in [-0.3, -0.25) is 0 Å². The second-order valence-electron chi connectivity index (χ2n) is 2.89. The summed E-state index contributed by atoms with van der Waals surface area (Å²) < 4.78 is 5.14. The van der Waals surface area contributed by atoms with Crippen molar-refractivity contribution < 1.29 is 9.84 Å². The van der Waals surface area contributed by atoms with Crippen LogP contribution in [0, 0.1) is 12.5 Å². The van der Waals surface area contributed by atoms with Crippen molar-refractivity contribution in [2.45, 2.75) is 31.5 Å². The van der Waals surface area contributed by atoms with Crippen molar-refractivity contribution in [1.82, 2.24) is 0 Å². The van der Waals surface area contributed by atoms with Crippen LogP contribution in [-0.2, 0) is 4.74 Å². The first-order valence-corrected chi connectivity index (χ1v) is 3.43. The van der Waals surface area contributed by atoms with E-state index < -0.39 is 0 Å². The van der Waals surface area contributed by atoms with Gasteiger partial charge in [0.05, 0.1) is 12.2 Å². The minimum absolute atomic E-state index is 0.109. The highest BCUT2D eigenvalue weighted by atomic mass is 16.5. The Morgan fingerprint density at radius 1 is 1.44 bits per heavy atom. The van der Waals surface area contributed by atoms with Gasteiger partial charge in [-0.2, -0.15) is 0 Å². The highest BCUT2D eigenvalue weighted by molar-refractivity contribution is 4.90. The van der Waals surface area contributed by atoms with Crippen LogP contribution in [0.25, 0.3) is 0 Å². The van der Waals surface area contributed by atoms with Gasteiger partial charge >= 0.3 is 0 Å². The second kappa shape index (κ2) is 1.96. The van der Waals surface area contributed by atoms with Crippen LogP contribution in [0.15, 0.2) is 0 Å². The topological polar surface area (TPSA) is 29.5 Å². The SMILES string of the molecule is OC1CC2C[C]OC2C1. The summed E-state index contributed by atoms with van der Waals surface area (Å²) in [7, 11) is 0. The van der Waals surface area contributed by atoms with E-state index >= 15 is 0 Å². The Balaban J connectivity index is 2.02. The summed E-state index contributed by atoms with van der Waals surface area (Å²) in [6.45, 7) is 2.83. The maximum atomic E-state index is 9.13. The van der Waals surface area contributed by atoms with E-state index in [-0.39, 0.29) is 6.10 Å². The standard InChI is InChI=1S/C7H10O2/c8-6-3-5-1-2-9-7(5)4-6/h5-8H,1,3-4H2. The largest absolute Gasteiger partial charge is 0.393 e. The van der Waals surface area contributed by atoms with Crippen LogP contribution in [0.3, 0.4) is 0 Å². The number of hydrogen-bond acceptors (Lipinski definition) is 2. The summed E-state index contributed by atoms with van der Waals surface area (Å²) in [5.74, 6) is 0.569. The summed E-state index contributed by atoms with van der Waals surface area (Å²) in [6.07, 6.45) is 2.83. The summed E-state index contributed by atoms with van der Waals surface area (Å²) in [4.78, 5) is 0. The third-order valence-electron chi connectivity index (χ3n) is 2.19. The minimum atomic E-state index is -0.109. The fourth-order valence-electron chi connectivity index (χ4n) is 1.68. The molecule has 2 fully saturated rings. The smallest absolute Gasteiger partial charge is 0.133 e. The van der Waals surface area contributed by atoms with Gasteiger partial charge in [-0.15, -0.1) is 0 Å². The molecule has 1 heterocycles. The number of fused-ring (bicyclic) bond motifs is 1. The fourth-order valence-corrected chi connectivity index (χ4v) is 1.68. The van der Waals surface area contributed by atoms with Gasteiger partial charge in [0.1, 0.15) is 6.61 Å². The summed E-state index contributed by atoms with van der Waals surface area (Å²) in [6, 6.07) is 0. The van der Waals surface area contributed by atoms with E-state index in [0.29, 0.717) is 12.0 Å². The van der Waals surface area contributed by atoms with Gasteiger partial charge in [0.25, 0.3) is 0 Å². The fraction of sp³-hybridized carbons (Fsp3) is 0.857. The van der Waals surface area contributed by atoms with Crippen LogP contribution >= 0.6 is 0 Å². The highest BCUT2D eigenvalue weighted by Crippen LogP contribution is 2.37. The van der Waals surface area contributed by atoms with Gasteiger partial charge in [0, 0.05) is 0 Å². The quantitative estimate of drug-likeness (QED) is 0.514. The molecule has 1 aliphatic carbocycles. The summed E-state index contributed by atoms with van der Waals surface area (Å²) >= 11 is 0. The Bertz CT molecular complexity index is 101. The van der Waals surface area contributed by atoms with Crippen LogP contribution in [0.1, 0.15) is 19.3 Å². The molecular formula is C7H10O2. The van der Waals surface area contributed by atoms with Crippen molar-refractivity contribution in [3.8, 4) is 0 Å². The number of hydrogen-bond donors (Lipinski definition) is 1. The van der Waals surface area contributed by atoms with Gasteiger partial charge in [-0.25, -0.2) is 0 Å². The monoisotopic (exact) mass is 126 g/mol. The molecule has 9 heavy (non-hydrogen) atoms. The maximum Gasteiger partial charge on any atom is 0.133 e. The molecule has 0 spiro atoms. The third-order valence-corrected chi connectivity index (χ3v) is 2.19. The highest BCUT2D eigenvalue weighted by Gasteiger charge is 2.37. The van der Waals surface area contributed by atoms with E-state index in [1.807, 2.05) is 0 Å². The predicted octanol–water partition coefficient (Wildman–Crippen LogP) is 0.585. The second-order valence-corrected chi connectivity index (χ2v) is 2.89. The Morgan fingerprint density at radius 2 is 2.33 bits per heavy atom. The molecule has 1 saturated carbocycles. The van der Waals surface area contributed by atoms with Crippen LogP contribution in [-0.4, -0.2) is 17.3 Å². The molecule has 3 unspecified atom stereocenters. The van der Waals surface area contributed by atoms with Crippen molar-refractivity contribution in [3.05, 3.63) is 6.61 Å². The zero-order valence-corrected chi connectivity index (χ0v) is 5.21. The van der Waals surface area contributed by atoms with E-state index in [9.17, 15) is 0 Å². The summed E-state index contributed by atoms with van der Waals surface area (Å²) in [5.41, 5.74) is 0. The van der Waals surface area contributed by atoms with E-state index in [1.165, 1.54) is 0 Å². The maximum absolute atomic E-state index is 9.13. The lowest BCUT2D eigenvalue weighted by Gasteiger charge is -2.03. The molecule has 0 aromatic carbocycles. The van der Waals surface area contributed by atoms with Crippen molar-refractivity contribution in [2.75, 3.05) is 0 Å². The molecule has 0 bridgehead atoms. The van der Waals surface area contributed by atoms with Crippen LogP contribution in [0.4, 0.5) is 0 Å². The molecular weight excluding hydrogens is 116 g/mol. The molecule has 50 valence electrons. The Morgan fingerprint density at radius 3 is 3.11 bits per heavy atom. The number of ether oxygens (including phenoxy) is 1. The Labute approximate surface area is 54.8 Å². The van der Waals surface area contributed by atoms with Gasteiger partial charge in [0.15, 0.2) is 0 Å². The lowest BCUT2D eigenvalue weighted by molar-refractivity contribution is 0.112. The molecule has 0 aromatic rings. The van der Waals surface area contributed by atoms with Gasteiger partial charge < -0.3 is 9.84 Å². The van der Waals surface area contributed by atoms with Crippen molar-refractivity contribution >= 4 is 0 Å². The lowest BCUT2D eigenvalue weighted by Crippen LogP contribution is -2.07. The van der Waals surface area contributed by atoms with Crippen LogP contribution < -0.4 is 0 Å². The molecule has 2 aliphatic rings. The lowest BCUT2D eigenvalue weighted by atomic mass is 10.1. The average molecular weight is 126 g/mol. The van der Waals surface area contributed by atoms with E-state index in [2.05, 4.69) is 6.61 Å². The number of aliphatic hydroxyl groups excluding tert-OH is 1. The predicted molar refractivity (Wildman–Crippen MR) is 31.5 cm³/mol. The summed E-state index contributed by atoms with van der Waals surface area (Å²) in [5, 5.41) is 9.13. The van der Waals surface area contributed by atoms with Crippen molar-refractivity contribution in [2.24, 2.45) is 5.92 Å². The average Bonchev–Trinajstić information content (AvgIpc) is 2.22. The van der Waals surface area contributed by atoms with Crippen molar-refractivity contribution in [1.29, 1.82) is 0 Å². The van der Waals surface area contributed by atoms with E-state index in [1.54, 1.807) is 0 Å². The molecule has 2 rings (SSSR count). The molecule has 2 heteroatoms.